The van der Waals surface area contributed by atoms with Crippen LogP contribution in [0.15, 0.2) is 48.1 Å². The van der Waals surface area contributed by atoms with Crippen molar-refractivity contribution in [3.05, 3.63) is 58.7 Å². The van der Waals surface area contributed by atoms with Crippen molar-refractivity contribution < 1.29 is 4.74 Å². The fourth-order valence-corrected chi connectivity index (χ4v) is 3.05. The maximum atomic E-state index is 6.01. The predicted octanol–water partition coefficient (Wildman–Crippen LogP) is 3.78. The zero-order valence-electron chi connectivity index (χ0n) is 12.3. The molecule has 0 aliphatic carbocycles. The highest BCUT2D eigenvalue weighted by molar-refractivity contribution is 7.10. The lowest BCUT2D eigenvalue weighted by atomic mass is 10.1. The summed E-state index contributed by atoms with van der Waals surface area (Å²) in [6.07, 6.45) is 4.36. The molecule has 3 aromatic rings. The topological polar surface area (TPSA) is 61.0 Å². The highest BCUT2D eigenvalue weighted by atomic mass is 32.1. The number of hydrogen-bond donors (Lipinski definition) is 1. The number of nitrogen functional groups attached to an aromatic ring is 1. The first-order chi connectivity index (χ1) is 10.8. The molecule has 0 unspecified atom stereocenters. The average Bonchev–Trinajstić information content (AvgIpc) is 3.00. The third-order valence-corrected chi connectivity index (χ3v) is 4.09. The van der Waals surface area contributed by atoms with Gasteiger partial charge in [-0.2, -0.15) is 0 Å². The molecule has 0 bridgehead atoms. The average molecular weight is 311 g/mol. The van der Waals surface area contributed by atoms with E-state index in [0.29, 0.717) is 12.3 Å². The number of thiazole rings is 1. The first-order valence-corrected chi connectivity index (χ1v) is 8.00. The number of aromatic nitrogens is 2. The van der Waals surface area contributed by atoms with Crippen LogP contribution in [0.2, 0.25) is 0 Å². The van der Waals surface area contributed by atoms with Gasteiger partial charge >= 0.3 is 0 Å². The molecule has 0 saturated carbocycles. The molecule has 5 heteroatoms. The lowest BCUT2D eigenvalue weighted by molar-refractivity contribution is 0.342. The van der Waals surface area contributed by atoms with Gasteiger partial charge in [0.1, 0.15) is 5.75 Å². The van der Waals surface area contributed by atoms with Gasteiger partial charge in [0, 0.05) is 29.8 Å². The van der Waals surface area contributed by atoms with Crippen LogP contribution >= 0.6 is 11.3 Å². The maximum absolute atomic E-state index is 6.01. The summed E-state index contributed by atoms with van der Waals surface area (Å²) in [4.78, 5) is 8.80. The van der Waals surface area contributed by atoms with E-state index in [1.54, 1.807) is 17.5 Å². The summed E-state index contributed by atoms with van der Waals surface area (Å²) >= 11 is 1.65. The summed E-state index contributed by atoms with van der Waals surface area (Å²) in [5, 5.41) is 3.12. The van der Waals surface area contributed by atoms with E-state index in [2.05, 4.69) is 15.3 Å². The van der Waals surface area contributed by atoms with Gasteiger partial charge in [-0.15, -0.1) is 11.3 Å². The SMILES string of the molecule is CCOc1ccc(Cc2nc(-c3cccnc3)cs2)cc1N. The van der Waals surface area contributed by atoms with Crippen LogP contribution < -0.4 is 10.5 Å². The molecule has 0 aliphatic heterocycles. The van der Waals surface area contributed by atoms with Gasteiger partial charge in [-0.05, 0) is 36.8 Å². The van der Waals surface area contributed by atoms with E-state index in [1.807, 2.05) is 43.5 Å². The monoisotopic (exact) mass is 311 g/mol. The first kappa shape index (κ1) is 14.5. The van der Waals surface area contributed by atoms with Crippen molar-refractivity contribution in [3.8, 4) is 17.0 Å². The van der Waals surface area contributed by atoms with Crippen molar-refractivity contribution in [2.45, 2.75) is 13.3 Å². The van der Waals surface area contributed by atoms with E-state index < -0.39 is 0 Å². The molecule has 2 N–H and O–H groups in total. The van der Waals surface area contributed by atoms with Gasteiger partial charge in [0.05, 0.1) is 23.0 Å². The lowest BCUT2D eigenvalue weighted by Gasteiger charge is -2.08. The van der Waals surface area contributed by atoms with E-state index in [0.717, 1.165) is 34.0 Å². The van der Waals surface area contributed by atoms with Crippen LogP contribution in [0.4, 0.5) is 5.69 Å². The van der Waals surface area contributed by atoms with Crippen LogP contribution in [-0.2, 0) is 6.42 Å². The fraction of sp³-hybridized carbons (Fsp3) is 0.176. The van der Waals surface area contributed by atoms with E-state index in [1.165, 1.54) is 0 Å². The Morgan fingerprint density at radius 3 is 2.91 bits per heavy atom. The Labute approximate surface area is 133 Å². The van der Waals surface area contributed by atoms with Gasteiger partial charge in [-0.1, -0.05) is 6.07 Å². The second-order valence-electron chi connectivity index (χ2n) is 4.85. The number of rotatable bonds is 5. The minimum absolute atomic E-state index is 0.616. The Hall–Kier alpha value is -2.40. The largest absolute Gasteiger partial charge is 0.492 e. The molecule has 0 spiro atoms. The molecular formula is C17H17N3OS. The summed E-state index contributed by atoms with van der Waals surface area (Å²) in [7, 11) is 0. The molecule has 4 nitrogen and oxygen atoms in total. The van der Waals surface area contributed by atoms with Crippen LogP contribution in [0.1, 0.15) is 17.5 Å². The Balaban J connectivity index is 1.77. The van der Waals surface area contributed by atoms with E-state index >= 15 is 0 Å². The highest BCUT2D eigenvalue weighted by Crippen LogP contribution is 2.26. The van der Waals surface area contributed by atoms with E-state index in [9.17, 15) is 0 Å². The Bertz CT molecular complexity index is 756. The third kappa shape index (κ3) is 3.26. The second-order valence-corrected chi connectivity index (χ2v) is 5.79. The highest BCUT2D eigenvalue weighted by Gasteiger charge is 2.07. The van der Waals surface area contributed by atoms with Crippen LogP contribution in [0, 0.1) is 0 Å². The predicted molar refractivity (Wildman–Crippen MR) is 90.2 cm³/mol. The number of anilines is 1. The number of ether oxygens (including phenoxy) is 1. The number of pyridine rings is 1. The van der Waals surface area contributed by atoms with Gasteiger partial charge in [-0.3, -0.25) is 4.98 Å². The van der Waals surface area contributed by atoms with Gasteiger partial charge < -0.3 is 10.5 Å². The molecular weight excluding hydrogens is 294 g/mol. The van der Waals surface area contributed by atoms with Crippen LogP contribution in [0.3, 0.4) is 0 Å². The van der Waals surface area contributed by atoms with E-state index in [4.69, 9.17) is 10.5 Å². The first-order valence-electron chi connectivity index (χ1n) is 7.12. The van der Waals surface area contributed by atoms with Crippen LogP contribution in [0.25, 0.3) is 11.3 Å². The van der Waals surface area contributed by atoms with Crippen LogP contribution in [-0.4, -0.2) is 16.6 Å². The molecule has 22 heavy (non-hydrogen) atoms. The van der Waals surface area contributed by atoms with Gasteiger partial charge in [-0.25, -0.2) is 4.98 Å². The third-order valence-electron chi connectivity index (χ3n) is 3.24. The summed E-state index contributed by atoms with van der Waals surface area (Å²) < 4.78 is 5.46. The smallest absolute Gasteiger partial charge is 0.142 e. The molecule has 0 saturated heterocycles. The van der Waals surface area contributed by atoms with Crippen molar-refractivity contribution in [1.29, 1.82) is 0 Å². The normalized spacial score (nSPS) is 10.6. The molecule has 0 radical (unpaired) electrons. The van der Waals surface area contributed by atoms with Crippen molar-refractivity contribution in [3.63, 3.8) is 0 Å². The maximum Gasteiger partial charge on any atom is 0.142 e. The summed E-state index contributed by atoms with van der Waals surface area (Å²) in [5.74, 6) is 0.737. The molecule has 0 fully saturated rings. The lowest BCUT2D eigenvalue weighted by Crippen LogP contribution is -1.98. The Kier molecular flexibility index (Phi) is 4.34. The van der Waals surface area contributed by atoms with Crippen LogP contribution in [0.5, 0.6) is 5.75 Å². The minimum atomic E-state index is 0.616. The summed E-state index contributed by atoms with van der Waals surface area (Å²) in [6.45, 7) is 2.56. The van der Waals surface area contributed by atoms with Gasteiger partial charge in [0.2, 0.25) is 0 Å². The Morgan fingerprint density at radius 2 is 2.18 bits per heavy atom. The quantitative estimate of drug-likeness (QED) is 0.728. The number of nitrogens with two attached hydrogens (primary N) is 1. The zero-order valence-corrected chi connectivity index (χ0v) is 13.1. The standard InChI is InChI=1S/C17H17N3OS/c1-2-21-16-6-5-12(8-14(16)18)9-17-20-15(11-22-17)13-4-3-7-19-10-13/h3-8,10-11H,2,9,18H2,1H3. The van der Waals surface area contributed by atoms with Crippen molar-refractivity contribution >= 4 is 17.0 Å². The second kappa shape index (κ2) is 6.58. The minimum Gasteiger partial charge on any atom is -0.492 e. The molecule has 1 aromatic carbocycles. The summed E-state index contributed by atoms with van der Waals surface area (Å²) in [5.41, 5.74) is 9.81. The zero-order chi connectivity index (χ0) is 15.4. The Morgan fingerprint density at radius 1 is 1.27 bits per heavy atom. The van der Waals surface area contributed by atoms with Crippen molar-refractivity contribution in [2.75, 3.05) is 12.3 Å². The molecule has 112 valence electrons. The fourth-order valence-electron chi connectivity index (χ4n) is 2.21. The molecule has 0 atom stereocenters. The van der Waals surface area contributed by atoms with Gasteiger partial charge in [0.15, 0.2) is 0 Å². The van der Waals surface area contributed by atoms with Gasteiger partial charge in [0.25, 0.3) is 0 Å². The molecule has 0 aliphatic rings. The van der Waals surface area contributed by atoms with E-state index in [-0.39, 0.29) is 0 Å². The molecule has 2 heterocycles. The number of nitrogens with zero attached hydrogens (tertiary/aromatic N) is 2. The summed E-state index contributed by atoms with van der Waals surface area (Å²) in [6, 6.07) is 9.84. The molecule has 3 rings (SSSR count). The molecule has 2 aromatic heterocycles. The van der Waals surface area contributed by atoms with Crippen molar-refractivity contribution in [2.24, 2.45) is 0 Å². The van der Waals surface area contributed by atoms with Crippen molar-refractivity contribution in [1.82, 2.24) is 9.97 Å². The number of benzene rings is 1. The number of hydrogen-bond acceptors (Lipinski definition) is 5. The molecule has 0 amide bonds.